The third-order valence-electron chi connectivity index (χ3n) is 1.80. The van der Waals surface area contributed by atoms with Gasteiger partial charge in [-0.25, -0.2) is 9.97 Å². The highest BCUT2D eigenvalue weighted by atomic mass is 127. The monoisotopic (exact) mass is 317 g/mol. The molecule has 1 fully saturated rings. The molecule has 0 aromatic carbocycles. The van der Waals surface area contributed by atoms with Gasteiger partial charge in [-0.15, -0.1) is 0 Å². The summed E-state index contributed by atoms with van der Waals surface area (Å²) in [6.45, 7) is 0. The van der Waals surface area contributed by atoms with E-state index in [1.54, 1.807) is 12.4 Å². The Morgan fingerprint density at radius 1 is 1.43 bits per heavy atom. The van der Waals surface area contributed by atoms with Gasteiger partial charge < -0.3 is 5.32 Å². The number of nitrogens with one attached hydrogen (secondary N) is 1. The van der Waals surface area contributed by atoms with Gasteiger partial charge in [0.05, 0.1) is 5.56 Å². The van der Waals surface area contributed by atoms with Crippen molar-refractivity contribution in [2.24, 2.45) is 0 Å². The van der Waals surface area contributed by atoms with E-state index in [9.17, 15) is 0 Å². The van der Waals surface area contributed by atoms with E-state index < -0.39 is 0 Å². The van der Waals surface area contributed by atoms with Gasteiger partial charge in [-0.1, -0.05) is 5.92 Å². The van der Waals surface area contributed by atoms with Crippen molar-refractivity contribution >= 4 is 36.1 Å². The van der Waals surface area contributed by atoms with Gasteiger partial charge in [0, 0.05) is 39.6 Å². The van der Waals surface area contributed by atoms with Gasteiger partial charge in [-0.2, -0.15) is 0 Å². The van der Waals surface area contributed by atoms with Crippen molar-refractivity contribution in [2.45, 2.75) is 18.9 Å². The van der Waals surface area contributed by atoms with E-state index in [0.29, 0.717) is 12.0 Å². The van der Waals surface area contributed by atoms with Crippen molar-refractivity contribution < 1.29 is 0 Å². The standard InChI is InChI=1S/C9H8IN3S/c10-14-4-3-7-5-11-9(12-6-7)13-8-1-2-8/h5-6,8H,1-2H2,(H,11,12,13). The summed E-state index contributed by atoms with van der Waals surface area (Å²) in [6, 6.07) is 0.594. The summed E-state index contributed by atoms with van der Waals surface area (Å²) in [5.74, 6) is 3.65. The first-order chi connectivity index (χ1) is 6.88. The molecule has 0 saturated heterocycles. The minimum Gasteiger partial charge on any atom is -0.351 e. The van der Waals surface area contributed by atoms with E-state index in [-0.39, 0.29) is 0 Å². The van der Waals surface area contributed by atoms with Crippen molar-refractivity contribution in [3.8, 4) is 11.2 Å². The molecule has 0 amide bonds. The molecule has 1 aromatic heterocycles. The Morgan fingerprint density at radius 3 is 2.71 bits per heavy atom. The molecule has 1 heterocycles. The molecule has 0 unspecified atom stereocenters. The predicted octanol–water partition coefficient (Wildman–Crippen LogP) is 2.44. The largest absolute Gasteiger partial charge is 0.351 e. The van der Waals surface area contributed by atoms with E-state index in [0.717, 1.165) is 5.56 Å². The summed E-state index contributed by atoms with van der Waals surface area (Å²) in [7, 11) is 1.46. The molecule has 14 heavy (non-hydrogen) atoms. The molecular formula is C9H8IN3S. The minimum atomic E-state index is 0.594. The zero-order valence-electron chi connectivity index (χ0n) is 7.33. The third kappa shape index (κ3) is 3.03. The quantitative estimate of drug-likeness (QED) is 0.672. The van der Waals surface area contributed by atoms with Gasteiger partial charge in [-0.05, 0) is 27.0 Å². The molecule has 1 N–H and O–H groups in total. The second-order valence-corrected chi connectivity index (χ2v) is 4.70. The zero-order chi connectivity index (χ0) is 9.80. The van der Waals surface area contributed by atoms with Crippen LogP contribution in [0.15, 0.2) is 12.4 Å². The maximum Gasteiger partial charge on any atom is 0.222 e. The Bertz CT molecular complexity index is 364. The topological polar surface area (TPSA) is 37.8 Å². The number of hydrogen-bond acceptors (Lipinski definition) is 4. The number of halogens is 1. The zero-order valence-corrected chi connectivity index (χ0v) is 10.3. The van der Waals surface area contributed by atoms with Gasteiger partial charge in [0.2, 0.25) is 5.95 Å². The fraction of sp³-hybridized carbons (Fsp3) is 0.333. The molecule has 0 aliphatic heterocycles. The number of nitrogens with zero attached hydrogens (tertiary/aromatic N) is 2. The maximum absolute atomic E-state index is 4.18. The van der Waals surface area contributed by atoms with E-state index in [1.165, 1.54) is 21.8 Å². The Hall–Kier alpha value is -0.480. The number of rotatable bonds is 2. The van der Waals surface area contributed by atoms with Gasteiger partial charge in [0.15, 0.2) is 0 Å². The lowest BCUT2D eigenvalue weighted by atomic mass is 10.4. The SMILES string of the molecule is ISC#Cc1cnc(NC2CC2)nc1. The Labute approximate surface area is 99.1 Å². The predicted molar refractivity (Wildman–Crippen MR) is 67.2 cm³/mol. The molecule has 1 saturated carbocycles. The lowest BCUT2D eigenvalue weighted by Gasteiger charge is -2.00. The fourth-order valence-electron chi connectivity index (χ4n) is 0.956. The van der Waals surface area contributed by atoms with Crippen LogP contribution in [-0.2, 0) is 0 Å². The summed E-state index contributed by atoms with van der Waals surface area (Å²) >= 11 is 2.14. The molecule has 1 aliphatic carbocycles. The maximum atomic E-state index is 4.18. The van der Waals surface area contributed by atoms with E-state index >= 15 is 0 Å². The van der Waals surface area contributed by atoms with Crippen LogP contribution in [0.25, 0.3) is 0 Å². The summed E-state index contributed by atoms with van der Waals surface area (Å²) in [6.07, 6.45) is 5.96. The minimum absolute atomic E-state index is 0.594. The Kier molecular flexibility index (Phi) is 3.48. The normalized spacial score (nSPS) is 14.4. The molecule has 1 aliphatic rings. The van der Waals surface area contributed by atoms with Gasteiger partial charge in [-0.3, -0.25) is 0 Å². The lowest BCUT2D eigenvalue weighted by molar-refractivity contribution is 1.05. The lowest BCUT2D eigenvalue weighted by Crippen LogP contribution is -2.04. The molecule has 3 nitrogen and oxygen atoms in total. The van der Waals surface area contributed by atoms with Gasteiger partial charge >= 0.3 is 0 Å². The smallest absolute Gasteiger partial charge is 0.222 e. The van der Waals surface area contributed by atoms with E-state index in [4.69, 9.17) is 0 Å². The third-order valence-corrected chi connectivity index (χ3v) is 2.64. The molecule has 0 atom stereocenters. The van der Waals surface area contributed by atoms with Gasteiger partial charge in [0.1, 0.15) is 0 Å². The second-order valence-electron chi connectivity index (χ2n) is 3.02. The molecule has 0 bridgehead atoms. The summed E-state index contributed by atoms with van der Waals surface area (Å²) in [4.78, 5) is 8.35. The highest BCUT2D eigenvalue weighted by molar-refractivity contribution is 14.2. The molecule has 0 spiro atoms. The Morgan fingerprint density at radius 2 is 2.14 bits per heavy atom. The highest BCUT2D eigenvalue weighted by Crippen LogP contribution is 2.22. The van der Waals surface area contributed by atoms with Crippen LogP contribution in [0, 0.1) is 11.2 Å². The average molecular weight is 317 g/mol. The summed E-state index contributed by atoms with van der Waals surface area (Å²) in [5.41, 5.74) is 0.857. The number of hydrogen-bond donors (Lipinski definition) is 1. The number of anilines is 1. The average Bonchev–Trinajstić information content (AvgIpc) is 3.01. The first-order valence-corrected chi connectivity index (χ1v) is 7.61. The molecule has 72 valence electrons. The molecule has 0 radical (unpaired) electrons. The van der Waals surface area contributed by atoms with E-state index in [2.05, 4.69) is 47.7 Å². The van der Waals surface area contributed by atoms with Crippen molar-refractivity contribution in [3.63, 3.8) is 0 Å². The summed E-state index contributed by atoms with van der Waals surface area (Å²) in [5, 5.41) is 6.11. The molecular weight excluding hydrogens is 309 g/mol. The first kappa shape index (κ1) is 10.1. The highest BCUT2D eigenvalue weighted by Gasteiger charge is 2.21. The Balaban J connectivity index is 2.01. The second kappa shape index (κ2) is 4.84. The van der Waals surface area contributed by atoms with Crippen LogP contribution >= 0.6 is 30.1 Å². The first-order valence-electron chi connectivity index (χ1n) is 4.25. The molecule has 1 aromatic rings. The molecule has 5 heteroatoms. The van der Waals surface area contributed by atoms with Gasteiger partial charge in [0.25, 0.3) is 0 Å². The van der Waals surface area contributed by atoms with Crippen molar-refractivity contribution in [3.05, 3.63) is 18.0 Å². The van der Waals surface area contributed by atoms with Crippen molar-refractivity contribution in [1.82, 2.24) is 9.97 Å². The fourth-order valence-corrected chi connectivity index (χ4v) is 1.44. The summed E-state index contributed by atoms with van der Waals surface area (Å²) < 4.78 is 0. The van der Waals surface area contributed by atoms with Crippen LogP contribution in [0.3, 0.4) is 0 Å². The van der Waals surface area contributed by atoms with Crippen LogP contribution in [0.2, 0.25) is 0 Å². The van der Waals surface area contributed by atoms with Crippen LogP contribution in [0.4, 0.5) is 5.95 Å². The van der Waals surface area contributed by atoms with Crippen LogP contribution in [-0.4, -0.2) is 16.0 Å². The number of aromatic nitrogens is 2. The van der Waals surface area contributed by atoms with Crippen LogP contribution in [0.1, 0.15) is 18.4 Å². The van der Waals surface area contributed by atoms with E-state index in [1.807, 2.05) is 0 Å². The van der Waals surface area contributed by atoms with Crippen molar-refractivity contribution in [2.75, 3.05) is 5.32 Å². The van der Waals surface area contributed by atoms with Crippen molar-refractivity contribution in [1.29, 1.82) is 0 Å². The van der Waals surface area contributed by atoms with Crippen LogP contribution < -0.4 is 5.32 Å². The van der Waals surface area contributed by atoms with Crippen LogP contribution in [0.5, 0.6) is 0 Å². The molecule has 2 rings (SSSR count).